The molecule has 3 aromatic rings. The number of amides is 1. The fourth-order valence-corrected chi connectivity index (χ4v) is 5.64. The Balaban J connectivity index is 1.00. The zero-order valence-corrected chi connectivity index (χ0v) is 22.1. The van der Waals surface area contributed by atoms with Crippen molar-refractivity contribution in [2.75, 3.05) is 44.2 Å². The standard InChI is InChI=1S/C31H37N5O2/c37-30(21-24-9-11-28(12-10-24)38-23-25-5-2-1-3-6-25)35-15-13-26-22-32-31(33-29(26)14-16-35)36-19-17-34(18-20-36)27-7-4-8-27/h1-3,5-6,9-12,22,27H,4,7-8,13-21,23H2. The van der Waals surface area contributed by atoms with Crippen molar-refractivity contribution in [1.82, 2.24) is 19.8 Å². The summed E-state index contributed by atoms with van der Waals surface area (Å²) < 4.78 is 5.88. The first kappa shape index (κ1) is 24.9. The fourth-order valence-electron chi connectivity index (χ4n) is 5.64. The molecule has 2 fully saturated rings. The van der Waals surface area contributed by atoms with Gasteiger partial charge in [-0.3, -0.25) is 9.69 Å². The number of rotatable bonds is 7. The van der Waals surface area contributed by atoms with Gasteiger partial charge in [0, 0.05) is 57.9 Å². The zero-order valence-electron chi connectivity index (χ0n) is 22.1. The maximum absolute atomic E-state index is 13.1. The molecule has 0 atom stereocenters. The minimum absolute atomic E-state index is 0.163. The van der Waals surface area contributed by atoms with Gasteiger partial charge in [0.15, 0.2) is 0 Å². The first-order chi connectivity index (χ1) is 18.7. The van der Waals surface area contributed by atoms with Crippen molar-refractivity contribution in [2.24, 2.45) is 0 Å². The quantitative estimate of drug-likeness (QED) is 0.480. The van der Waals surface area contributed by atoms with E-state index in [4.69, 9.17) is 14.7 Å². The Morgan fingerprint density at radius 2 is 1.63 bits per heavy atom. The summed E-state index contributed by atoms with van der Waals surface area (Å²) in [5.41, 5.74) is 4.42. The summed E-state index contributed by atoms with van der Waals surface area (Å²) in [5.74, 6) is 1.83. The van der Waals surface area contributed by atoms with E-state index < -0.39 is 0 Å². The highest BCUT2D eigenvalue weighted by atomic mass is 16.5. The van der Waals surface area contributed by atoms with Gasteiger partial charge in [-0.2, -0.15) is 0 Å². The number of fused-ring (bicyclic) bond motifs is 1. The van der Waals surface area contributed by atoms with Crippen molar-refractivity contribution in [3.63, 3.8) is 0 Å². The molecule has 0 N–H and O–H groups in total. The third kappa shape index (κ3) is 5.83. The lowest BCUT2D eigenvalue weighted by atomic mass is 9.91. The summed E-state index contributed by atoms with van der Waals surface area (Å²) in [7, 11) is 0. The second-order valence-corrected chi connectivity index (χ2v) is 10.7. The first-order valence-electron chi connectivity index (χ1n) is 14.1. The SMILES string of the molecule is O=C(Cc1ccc(OCc2ccccc2)cc1)N1CCc2cnc(N3CCN(C4CCC4)CC3)nc2CC1. The topological polar surface area (TPSA) is 61.8 Å². The number of nitrogens with zero attached hydrogens (tertiary/aromatic N) is 5. The molecule has 7 nitrogen and oxygen atoms in total. The zero-order chi connectivity index (χ0) is 25.7. The molecule has 2 aliphatic heterocycles. The molecule has 38 heavy (non-hydrogen) atoms. The molecule has 1 aliphatic carbocycles. The van der Waals surface area contributed by atoms with E-state index in [1.807, 2.05) is 53.6 Å². The van der Waals surface area contributed by atoms with Crippen molar-refractivity contribution >= 4 is 11.9 Å². The van der Waals surface area contributed by atoms with Crippen LogP contribution in [-0.2, 0) is 30.7 Å². The van der Waals surface area contributed by atoms with Crippen LogP contribution in [0.15, 0.2) is 60.8 Å². The maximum atomic E-state index is 13.1. The number of benzene rings is 2. The van der Waals surface area contributed by atoms with Crippen molar-refractivity contribution in [3.8, 4) is 5.75 Å². The molecule has 2 aromatic carbocycles. The molecule has 7 heteroatoms. The highest BCUT2D eigenvalue weighted by molar-refractivity contribution is 5.79. The molecule has 1 amide bonds. The van der Waals surface area contributed by atoms with Gasteiger partial charge >= 0.3 is 0 Å². The van der Waals surface area contributed by atoms with E-state index in [-0.39, 0.29) is 5.91 Å². The molecule has 0 radical (unpaired) electrons. The number of hydrogen-bond donors (Lipinski definition) is 0. The van der Waals surface area contributed by atoms with Crippen molar-refractivity contribution in [2.45, 2.75) is 51.2 Å². The van der Waals surface area contributed by atoms with Gasteiger partial charge in [0.25, 0.3) is 0 Å². The van der Waals surface area contributed by atoms with Gasteiger partial charge in [0.05, 0.1) is 12.1 Å². The molecular formula is C31H37N5O2. The Hall–Kier alpha value is -3.45. The molecule has 198 valence electrons. The minimum atomic E-state index is 0.163. The predicted molar refractivity (Wildman–Crippen MR) is 148 cm³/mol. The number of piperazine rings is 1. The monoisotopic (exact) mass is 511 g/mol. The Labute approximate surface area is 225 Å². The summed E-state index contributed by atoms with van der Waals surface area (Å²) in [6.45, 7) is 6.16. The van der Waals surface area contributed by atoms with Gasteiger partial charge in [-0.25, -0.2) is 9.97 Å². The van der Waals surface area contributed by atoms with E-state index in [9.17, 15) is 4.79 Å². The van der Waals surface area contributed by atoms with E-state index >= 15 is 0 Å². The van der Waals surface area contributed by atoms with Crippen LogP contribution in [0.1, 0.15) is 41.6 Å². The third-order valence-electron chi connectivity index (χ3n) is 8.28. The van der Waals surface area contributed by atoms with Crippen LogP contribution in [0.2, 0.25) is 0 Å². The fraction of sp³-hybridized carbons (Fsp3) is 0.452. The second kappa shape index (κ2) is 11.5. The molecule has 3 heterocycles. The van der Waals surface area contributed by atoms with E-state index in [0.29, 0.717) is 26.1 Å². The van der Waals surface area contributed by atoms with Crippen LogP contribution >= 0.6 is 0 Å². The Morgan fingerprint density at radius 3 is 2.37 bits per heavy atom. The molecule has 0 bridgehead atoms. The molecule has 1 saturated heterocycles. The normalized spacial score (nSPS) is 18.4. The number of ether oxygens (including phenoxy) is 1. The number of aromatic nitrogens is 2. The van der Waals surface area contributed by atoms with Gasteiger partial charge in [-0.05, 0) is 48.1 Å². The van der Waals surface area contributed by atoms with Crippen LogP contribution in [0.25, 0.3) is 0 Å². The summed E-state index contributed by atoms with van der Waals surface area (Å²) in [4.78, 5) is 29.8. The Morgan fingerprint density at radius 1 is 0.868 bits per heavy atom. The lowest BCUT2D eigenvalue weighted by molar-refractivity contribution is -0.130. The number of carbonyl (C=O) groups excluding carboxylic acids is 1. The summed E-state index contributed by atoms with van der Waals surface area (Å²) in [5, 5.41) is 0. The predicted octanol–water partition coefficient (Wildman–Crippen LogP) is 3.90. The molecular weight excluding hydrogens is 474 g/mol. The molecule has 6 rings (SSSR count). The number of hydrogen-bond acceptors (Lipinski definition) is 6. The largest absolute Gasteiger partial charge is 0.489 e. The van der Waals surface area contributed by atoms with Gasteiger partial charge in [0.1, 0.15) is 12.4 Å². The van der Waals surface area contributed by atoms with Crippen LogP contribution in [0.3, 0.4) is 0 Å². The highest BCUT2D eigenvalue weighted by Crippen LogP contribution is 2.26. The van der Waals surface area contributed by atoms with Crippen molar-refractivity contribution in [1.29, 1.82) is 0 Å². The summed E-state index contributed by atoms with van der Waals surface area (Å²) in [6.07, 6.45) is 8.09. The Kier molecular flexibility index (Phi) is 7.54. The lowest BCUT2D eigenvalue weighted by Crippen LogP contribution is -2.52. The minimum Gasteiger partial charge on any atom is -0.489 e. The van der Waals surface area contributed by atoms with Crippen LogP contribution in [0, 0.1) is 0 Å². The molecule has 1 aromatic heterocycles. The van der Waals surface area contributed by atoms with E-state index in [1.54, 1.807) is 0 Å². The van der Waals surface area contributed by atoms with Crippen LogP contribution in [0.4, 0.5) is 5.95 Å². The van der Waals surface area contributed by atoms with E-state index in [2.05, 4.69) is 21.9 Å². The van der Waals surface area contributed by atoms with Crippen molar-refractivity contribution in [3.05, 3.63) is 83.2 Å². The van der Waals surface area contributed by atoms with E-state index in [0.717, 1.165) is 73.6 Å². The number of anilines is 1. The summed E-state index contributed by atoms with van der Waals surface area (Å²) in [6, 6.07) is 18.8. The molecule has 3 aliphatic rings. The maximum Gasteiger partial charge on any atom is 0.227 e. The smallest absolute Gasteiger partial charge is 0.227 e. The van der Waals surface area contributed by atoms with Gasteiger partial charge in [-0.15, -0.1) is 0 Å². The van der Waals surface area contributed by atoms with E-state index in [1.165, 1.54) is 24.8 Å². The van der Waals surface area contributed by atoms with Gasteiger partial charge < -0.3 is 14.5 Å². The number of carbonyl (C=O) groups is 1. The van der Waals surface area contributed by atoms with Gasteiger partial charge in [0.2, 0.25) is 11.9 Å². The van der Waals surface area contributed by atoms with Crippen molar-refractivity contribution < 1.29 is 9.53 Å². The van der Waals surface area contributed by atoms with Crippen LogP contribution in [0.5, 0.6) is 5.75 Å². The third-order valence-corrected chi connectivity index (χ3v) is 8.28. The average molecular weight is 512 g/mol. The Bertz CT molecular complexity index is 1220. The molecule has 0 unspecified atom stereocenters. The molecule has 0 spiro atoms. The highest BCUT2D eigenvalue weighted by Gasteiger charge is 2.29. The average Bonchev–Trinajstić information content (AvgIpc) is 3.15. The lowest BCUT2D eigenvalue weighted by Gasteiger charge is -2.43. The second-order valence-electron chi connectivity index (χ2n) is 10.7. The van der Waals surface area contributed by atoms with Gasteiger partial charge in [-0.1, -0.05) is 48.9 Å². The summed E-state index contributed by atoms with van der Waals surface area (Å²) >= 11 is 0. The van der Waals surface area contributed by atoms with Crippen LogP contribution in [-0.4, -0.2) is 71.0 Å². The first-order valence-corrected chi connectivity index (χ1v) is 14.1. The molecule has 1 saturated carbocycles. The van der Waals surface area contributed by atoms with Crippen LogP contribution < -0.4 is 9.64 Å².